The molecule has 2 aliphatic rings. The van der Waals surface area contributed by atoms with Gasteiger partial charge in [-0.2, -0.15) is 0 Å². The normalized spacial score (nSPS) is 18.3. The molecule has 4 rings (SSSR count). The molecule has 1 saturated heterocycles. The Hall–Kier alpha value is -2.70. The van der Waals surface area contributed by atoms with Crippen molar-refractivity contribution < 1.29 is 9.59 Å². The number of aryl methyl sites for hydroxylation is 2. The Balaban J connectivity index is 1.37. The van der Waals surface area contributed by atoms with Crippen molar-refractivity contribution in [1.29, 1.82) is 0 Å². The zero-order valence-electron chi connectivity index (χ0n) is 17.3. The minimum atomic E-state index is -0.202. The number of piperazine rings is 1. The molecule has 2 heterocycles. The highest BCUT2D eigenvalue weighted by molar-refractivity contribution is 5.95. The van der Waals surface area contributed by atoms with Crippen molar-refractivity contribution in [2.75, 3.05) is 19.6 Å². The molecule has 0 unspecified atom stereocenters. The molecule has 0 atom stereocenters. The van der Waals surface area contributed by atoms with Crippen LogP contribution in [0.4, 0.5) is 0 Å². The lowest BCUT2D eigenvalue weighted by molar-refractivity contribution is -0.135. The second-order valence-electron chi connectivity index (χ2n) is 8.41. The first kappa shape index (κ1) is 19.6. The molecule has 2 amide bonds. The summed E-state index contributed by atoms with van der Waals surface area (Å²) in [6.07, 6.45) is 7.60. The zero-order chi connectivity index (χ0) is 20.4. The number of hydrogen-bond donors (Lipinski definition) is 0. The molecule has 1 aliphatic heterocycles. The average Bonchev–Trinajstić information content (AvgIpc) is 3.19. The van der Waals surface area contributed by atoms with Crippen LogP contribution in [0.3, 0.4) is 0 Å². The molecule has 2 fully saturated rings. The molecule has 0 N–H and O–H groups in total. The lowest BCUT2D eigenvalue weighted by atomic mass is 9.96. The summed E-state index contributed by atoms with van der Waals surface area (Å²) in [7, 11) is 0. The van der Waals surface area contributed by atoms with Crippen LogP contribution in [-0.4, -0.2) is 56.2 Å². The van der Waals surface area contributed by atoms with E-state index in [1.165, 1.54) is 30.4 Å². The highest BCUT2D eigenvalue weighted by Crippen LogP contribution is 2.27. The molecular weight excluding hydrogens is 366 g/mol. The number of rotatable bonds is 4. The van der Waals surface area contributed by atoms with Crippen molar-refractivity contribution in [3.63, 3.8) is 0 Å². The van der Waals surface area contributed by atoms with Crippen LogP contribution in [0.25, 0.3) is 0 Å². The number of benzene rings is 1. The first-order chi connectivity index (χ1) is 14.0. The van der Waals surface area contributed by atoms with Crippen molar-refractivity contribution in [2.45, 2.75) is 58.5 Å². The fourth-order valence-electron chi connectivity index (χ4n) is 4.49. The van der Waals surface area contributed by atoms with Crippen LogP contribution in [0, 0.1) is 13.8 Å². The summed E-state index contributed by atoms with van der Waals surface area (Å²) in [5, 5.41) is 8.28. The Kier molecular flexibility index (Phi) is 5.65. The van der Waals surface area contributed by atoms with E-state index in [1.54, 1.807) is 11.1 Å². The standard InChI is InChI=1S/C22H29N5O2/c1-16-10-17(2)12-18(11-16)13-25-8-9-26(15-21(25)28)22(29)20-14-27(24-23-20)19-6-4-3-5-7-19/h10-12,14,19H,3-9,13,15H2,1-2H3. The summed E-state index contributed by atoms with van der Waals surface area (Å²) in [5.74, 6) is -0.227. The van der Waals surface area contributed by atoms with Gasteiger partial charge in [-0.15, -0.1) is 5.10 Å². The van der Waals surface area contributed by atoms with E-state index in [2.05, 4.69) is 42.4 Å². The minimum absolute atomic E-state index is 0.0246. The third-order valence-electron chi connectivity index (χ3n) is 5.94. The maximum atomic E-state index is 12.8. The monoisotopic (exact) mass is 395 g/mol. The molecule has 2 aromatic rings. The van der Waals surface area contributed by atoms with Crippen LogP contribution in [0.15, 0.2) is 24.4 Å². The van der Waals surface area contributed by atoms with E-state index in [1.807, 2.05) is 9.58 Å². The number of hydrogen-bond acceptors (Lipinski definition) is 4. The maximum absolute atomic E-state index is 12.8. The predicted molar refractivity (Wildman–Crippen MR) is 109 cm³/mol. The van der Waals surface area contributed by atoms with Crippen molar-refractivity contribution in [1.82, 2.24) is 24.8 Å². The quantitative estimate of drug-likeness (QED) is 0.798. The molecule has 1 saturated carbocycles. The number of nitrogens with zero attached hydrogens (tertiary/aromatic N) is 5. The molecule has 0 bridgehead atoms. The van der Waals surface area contributed by atoms with E-state index in [-0.39, 0.29) is 18.4 Å². The minimum Gasteiger partial charge on any atom is -0.335 e. The van der Waals surface area contributed by atoms with Crippen LogP contribution in [0.5, 0.6) is 0 Å². The van der Waals surface area contributed by atoms with E-state index in [9.17, 15) is 9.59 Å². The summed E-state index contributed by atoms with van der Waals surface area (Å²) < 4.78 is 1.84. The zero-order valence-corrected chi connectivity index (χ0v) is 17.3. The van der Waals surface area contributed by atoms with E-state index in [0.29, 0.717) is 31.4 Å². The predicted octanol–water partition coefficient (Wildman–Crippen LogP) is 2.88. The van der Waals surface area contributed by atoms with Gasteiger partial charge < -0.3 is 9.80 Å². The van der Waals surface area contributed by atoms with Crippen molar-refractivity contribution in [2.24, 2.45) is 0 Å². The van der Waals surface area contributed by atoms with Crippen LogP contribution in [0.1, 0.15) is 65.3 Å². The van der Waals surface area contributed by atoms with Crippen LogP contribution in [-0.2, 0) is 11.3 Å². The van der Waals surface area contributed by atoms with Gasteiger partial charge in [-0.3, -0.25) is 9.59 Å². The molecule has 0 radical (unpaired) electrons. The highest BCUT2D eigenvalue weighted by Gasteiger charge is 2.29. The van der Waals surface area contributed by atoms with Crippen molar-refractivity contribution in [3.05, 3.63) is 46.8 Å². The smallest absolute Gasteiger partial charge is 0.276 e. The summed E-state index contributed by atoms with van der Waals surface area (Å²) in [6, 6.07) is 6.69. The van der Waals surface area contributed by atoms with Gasteiger partial charge >= 0.3 is 0 Å². The van der Waals surface area contributed by atoms with E-state index < -0.39 is 0 Å². The number of carbonyl (C=O) groups excluding carboxylic acids is 2. The molecule has 1 aromatic carbocycles. The van der Waals surface area contributed by atoms with Gasteiger partial charge in [0.25, 0.3) is 5.91 Å². The Morgan fingerprint density at radius 1 is 1.07 bits per heavy atom. The molecule has 7 heteroatoms. The largest absolute Gasteiger partial charge is 0.335 e. The highest BCUT2D eigenvalue weighted by atomic mass is 16.2. The van der Waals surface area contributed by atoms with Gasteiger partial charge in [0.15, 0.2) is 5.69 Å². The van der Waals surface area contributed by atoms with E-state index in [0.717, 1.165) is 18.4 Å². The Morgan fingerprint density at radius 2 is 1.79 bits per heavy atom. The van der Waals surface area contributed by atoms with E-state index in [4.69, 9.17) is 0 Å². The summed E-state index contributed by atoms with van der Waals surface area (Å²) in [5.41, 5.74) is 3.86. The topological polar surface area (TPSA) is 71.3 Å². The fourth-order valence-corrected chi connectivity index (χ4v) is 4.49. The van der Waals surface area contributed by atoms with Crippen molar-refractivity contribution >= 4 is 11.8 Å². The summed E-state index contributed by atoms with van der Waals surface area (Å²) in [4.78, 5) is 28.9. The molecule has 1 aliphatic carbocycles. The van der Waals surface area contributed by atoms with Gasteiger partial charge in [0.05, 0.1) is 12.2 Å². The number of carbonyl (C=O) groups is 2. The Labute approximate surface area is 171 Å². The molecule has 29 heavy (non-hydrogen) atoms. The van der Waals surface area contributed by atoms with Crippen molar-refractivity contribution in [3.8, 4) is 0 Å². The van der Waals surface area contributed by atoms with Gasteiger partial charge in [0, 0.05) is 19.6 Å². The van der Waals surface area contributed by atoms with Gasteiger partial charge in [-0.05, 0) is 32.3 Å². The molecule has 0 spiro atoms. The van der Waals surface area contributed by atoms with Gasteiger partial charge in [-0.1, -0.05) is 53.8 Å². The average molecular weight is 396 g/mol. The van der Waals surface area contributed by atoms with Gasteiger partial charge in [-0.25, -0.2) is 4.68 Å². The van der Waals surface area contributed by atoms with Gasteiger partial charge in [0.2, 0.25) is 5.91 Å². The van der Waals surface area contributed by atoms with Crippen LogP contribution >= 0.6 is 0 Å². The molecular formula is C22H29N5O2. The van der Waals surface area contributed by atoms with Crippen LogP contribution < -0.4 is 0 Å². The fraction of sp³-hybridized carbons (Fsp3) is 0.545. The third-order valence-corrected chi connectivity index (χ3v) is 5.94. The second kappa shape index (κ2) is 8.35. The first-order valence-electron chi connectivity index (χ1n) is 10.6. The lowest BCUT2D eigenvalue weighted by Crippen LogP contribution is -2.51. The summed E-state index contributed by atoms with van der Waals surface area (Å²) in [6.45, 7) is 5.87. The number of aromatic nitrogens is 3. The molecule has 7 nitrogen and oxygen atoms in total. The SMILES string of the molecule is Cc1cc(C)cc(CN2CCN(C(=O)c3cn(C4CCCCC4)nn3)CC2=O)c1. The second-order valence-corrected chi connectivity index (χ2v) is 8.41. The van der Waals surface area contributed by atoms with E-state index >= 15 is 0 Å². The van der Waals surface area contributed by atoms with Gasteiger partial charge in [0.1, 0.15) is 6.54 Å². The lowest BCUT2D eigenvalue weighted by Gasteiger charge is -2.34. The van der Waals surface area contributed by atoms with Crippen LogP contribution in [0.2, 0.25) is 0 Å². The summed E-state index contributed by atoms with van der Waals surface area (Å²) >= 11 is 0. The molecule has 154 valence electrons. The maximum Gasteiger partial charge on any atom is 0.276 e. The Bertz CT molecular complexity index is 880. The molecule has 1 aromatic heterocycles. The number of amides is 2. The third kappa shape index (κ3) is 4.49. The Morgan fingerprint density at radius 3 is 2.48 bits per heavy atom. The first-order valence-corrected chi connectivity index (χ1v) is 10.6.